The molecule has 0 fully saturated rings. The first-order valence-corrected chi connectivity index (χ1v) is 8.36. The predicted molar refractivity (Wildman–Crippen MR) is 85.1 cm³/mol. The van der Waals surface area contributed by atoms with Gasteiger partial charge in [-0.15, -0.1) is 20.4 Å². The van der Waals surface area contributed by atoms with Crippen LogP contribution in [0.2, 0.25) is 0 Å². The monoisotopic (exact) mass is 340 g/mol. The van der Waals surface area contributed by atoms with E-state index in [1.54, 1.807) is 0 Å². The van der Waals surface area contributed by atoms with Crippen LogP contribution in [0.1, 0.15) is 36.7 Å². The van der Waals surface area contributed by atoms with E-state index in [1.165, 1.54) is 36.5 Å². The number of amides is 2. The van der Waals surface area contributed by atoms with E-state index in [0.29, 0.717) is 10.3 Å². The molecule has 0 saturated heterocycles. The van der Waals surface area contributed by atoms with Crippen molar-refractivity contribution in [3.05, 3.63) is 10.0 Å². The minimum atomic E-state index is -0.144. The van der Waals surface area contributed by atoms with Crippen LogP contribution in [0.25, 0.3) is 0 Å². The van der Waals surface area contributed by atoms with Gasteiger partial charge in [-0.1, -0.05) is 22.7 Å². The Morgan fingerprint density at radius 3 is 1.59 bits per heavy atom. The Balaban J connectivity index is 1.70. The van der Waals surface area contributed by atoms with Gasteiger partial charge >= 0.3 is 0 Å². The van der Waals surface area contributed by atoms with Gasteiger partial charge in [0.05, 0.1) is 0 Å². The number of carbonyl (C=O) groups is 2. The highest BCUT2D eigenvalue weighted by Crippen LogP contribution is 2.19. The highest BCUT2D eigenvalue weighted by Gasteiger charge is 2.07. The molecule has 0 aliphatic heterocycles. The van der Waals surface area contributed by atoms with Gasteiger partial charge in [0, 0.05) is 26.7 Å². The minimum Gasteiger partial charge on any atom is -0.301 e. The number of carbonyl (C=O) groups excluding carboxylic acids is 2. The molecule has 0 unspecified atom stereocenters. The SMILES string of the molecule is CC(=O)Nc1nnc(CCCCc2nnc(NC(C)=O)s2)s1. The number of anilines is 2. The Bertz CT molecular complexity index is 597. The summed E-state index contributed by atoms with van der Waals surface area (Å²) in [4.78, 5) is 21.8. The van der Waals surface area contributed by atoms with E-state index in [9.17, 15) is 9.59 Å². The van der Waals surface area contributed by atoms with E-state index >= 15 is 0 Å². The third kappa shape index (κ3) is 5.45. The van der Waals surface area contributed by atoms with Crippen molar-refractivity contribution in [1.29, 1.82) is 0 Å². The fraction of sp³-hybridized carbons (Fsp3) is 0.500. The van der Waals surface area contributed by atoms with Gasteiger partial charge in [0.25, 0.3) is 0 Å². The van der Waals surface area contributed by atoms with Crippen molar-refractivity contribution in [2.75, 3.05) is 10.6 Å². The number of aromatic nitrogens is 4. The molecule has 2 aromatic heterocycles. The summed E-state index contributed by atoms with van der Waals surface area (Å²) >= 11 is 2.78. The molecule has 0 radical (unpaired) electrons. The van der Waals surface area contributed by atoms with Gasteiger partial charge in [-0.25, -0.2) is 0 Å². The quantitative estimate of drug-likeness (QED) is 0.745. The lowest BCUT2D eigenvalue weighted by atomic mass is 10.2. The summed E-state index contributed by atoms with van der Waals surface area (Å²) in [5.41, 5.74) is 0. The number of hydrogen-bond donors (Lipinski definition) is 2. The molecule has 2 heterocycles. The first kappa shape index (κ1) is 16.4. The zero-order valence-corrected chi connectivity index (χ0v) is 13.9. The van der Waals surface area contributed by atoms with Gasteiger partial charge in [0.15, 0.2) is 0 Å². The molecule has 0 aliphatic rings. The van der Waals surface area contributed by atoms with Crippen LogP contribution in [0.3, 0.4) is 0 Å². The highest BCUT2D eigenvalue weighted by molar-refractivity contribution is 7.15. The fourth-order valence-electron chi connectivity index (χ4n) is 1.66. The third-order valence-electron chi connectivity index (χ3n) is 2.53. The predicted octanol–water partition coefficient (Wildman–Crippen LogP) is 1.87. The summed E-state index contributed by atoms with van der Waals surface area (Å²) in [7, 11) is 0. The Hall–Kier alpha value is -1.94. The number of rotatable bonds is 7. The summed E-state index contributed by atoms with van der Waals surface area (Å²) in [6, 6.07) is 0. The van der Waals surface area contributed by atoms with Crippen LogP contribution in [0.4, 0.5) is 10.3 Å². The number of hydrogen-bond acceptors (Lipinski definition) is 8. The summed E-state index contributed by atoms with van der Waals surface area (Å²) in [5, 5.41) is 24.0. The number of aryl methyl sites for hydroxylation is 2. The molecule has 118 valence electrons. The second-order valence-corrected chi connectivity index (χ2v) is 6.70. The largest absolute Gasteiger partial charge is 0.301 e. The number of nitrogens with one attached hydrogen (secondary N) is 2. The van der Waals surface area contributed by atoms with E-state index in [-0.39, 0.29) is 11.8 Å². The minimum absolute atomic E-state index is 0.144. The summed E-state index contributed by atoms with van der Waals surface area (Å²) < 4.78 is 0. The van der Waals surface area contributed by atoms with Gasteiger partial charge in [-0.05, 0) is 12.8 Å². The molecule has 0 spiro atoms. The van der Waals surface area contributed by atoms with E-state index < -0.39 is 0 Å². The van der Waals surface area contributed by atoms with Crippen LogP contribution in [0.15, 0.2) is 0 Å². The molecule has 2 rings (SSSR count). The molecule has 2 amide bonds. The normalized spacial score (nSPS) is 10.5. The second-order valence-electron chi connectivity index (χ2n) is 4.57. The lowest BCUT2D eigenvalue weighted by molar-refractivity contribution is -0.115. The summed E-state index contributed by atoms with van der Waals surface area (Å²) in [5.74, 6) is -0.289. The molecule has 0 aliphatic carbocycles. The Morgan fingerprint density at radius 2 is 1.23 bits per heavy atom. The van der Waals surface area contributed by atoms with Gasteiger partial charge in [-0.2, -0.15) is 0 Å². The summed E-state index contributed by atoms with van der Waals surface area (Å²) in [6.07, 6.45) is 3.52. The Labute approximate surface area is 135 Å². The summed E-state index contributed by atoms with van der Waals surface area (Å²) in [6.45, 7) is 2.89. The van der Waals surface area contributed by atoms with E-state index in [4.69, 9.17) is 0 Å². The zero-order valence-electron chi connectivity index (χ0n) is 12.3. The molecule has 8 nitrogen and oxygen atoms in total. The smallest absolute Gasteiger partial charge is 0.223 e. The van der Waals surface area contributed by atoms with Crippen LogP contribution in [-0.2, 0) is 22.4 Å². The molecule has 0 bridgehead atoms. The lowest BCUT2D eigenvalue weighted by Crippen LogP contribution is -2.04. The molecule has 2 N–H and O–H groups in total. The number of nitrogens with zero attached hydrogens (tertiary/aromatic N) is 4. The van der Waals surface area contributed by atoms with Gasteiger partial charge in [0.2, 0.25) is 22.1 Å². The first-order chi connectivity index (χ1) is 10.5. The zero-order chi connectivity index (χ0) is 15.9. The average Bonchev–Trinajstić information content (AvgIpc) is 3.03. The topological polar surface area (TPSA) is 110 Å². The van der Waals surface area contributed by atoms with Crippen molar-refractivity contribution >= 4 is 44.8 Å². The molecule has 2 aromatic rings. The van der Waals surface area contributed by atoms with Gasteiger partial charge in [-0.3, -0.25) is 9.59 Å². The highest BCUT2D eigenvalue weighted by atomic mass is 32.1. The van der Waals surface area contributed by atoms with E-state index in [1.807, 2.05) is 0 Å². The molecule has 10 heteroatoms. The molecule has 0 atom stereocenters. The lowest BCUT2D eigenvalue weighted by Gasteiger charge is -1.95. The van der Waals surface area contributed by atoms with Crippen molar-refractivity contribution < 1.29 is 9.59 Å². The van der Waals surface area contributed by atoms with Crippen molar-refractivity contribution in [3.8, 4) is 0 Å². The molecular weight excluding hydrogens is 324 g/mol. The molecule has 0 aromatic carbocycles. The van der Waals surface area contributed by atoms with E-state index in [0.717, 1.165) is 35.7 Å². The molecular formula is C12H16N6O2S2. The van der Waals surface area contributed by atoms with Crippen LogP contribution >= 0.6 is 22.7 Å². The Kier molecular flexibility index (Phi) is 5.90. The number of unbranched alkanes of at least 4 members (excludes halogenated alkanes) is 1. The van der Waals surface area contributed by atoms with Crippen molar-refractivity contribution in [2.45, 2.75) is 39.5 Å². The van der Waals surface area contributed by atoms with Crippen molar-refractivity contribution in [3.63, 3.8) is 0 Å². The average molecular weight is 340 g/mol. The third-order valence-corrected chi connectivity index (χ3v) is 4.33. The van der Waals surface area contributed by atoms with Crippen LogP contribution in [0, 0.1) is 0 Å². The van der Waals surface area contributed by atoms with E-state index in [2.05, 4.69) is 31.0 Å². The van der Waals surface area contributed by atoms with Crippen LogP contribution < -0.4 is 10.6 Å². The standard InChI is InChI=1S/C12H16N6O2S2/c1-7(19)13-11-17-15-9(21-11)5-3-4-6-10-16-18-12(22-10)14-8(2)20/h3-6H2,1-2H3,(H,13,17,19)(H,14,18,20). The van der Waals surface area contributed by atoms with Gasteiger partial charge < -0.3 is 10.6 Å². The van der Waals surface area contributed by atoms with Gasteiger partial charge in [0.1, 0.15) is 10.0 Å². The van der Waals surface area contributed by atoms with Crippen molar-refractivity contribution in [1.82, 2.24) is 20.4 Å². The van der Waals surface area contributed by atoms with Crippen LogP contribution in [0.5, 0.6) is 0 Å². The molecule has 0 saturated carbocycles. The second kappa shape index (κ2) is 7.90. The first-order valence-electron chi connectivity index (χ1n) is 6.73. The fourth-order valence-corrected chi connectivity index (χ4v) is 3.32. The molecule has 22 heavy (non-hydrogen) atoms. The Morgan fingerprint density at radius 1 is 0.818 bits per heavy atom. The van der Waals surface area contributed by atoms with Crippen LogP contribution in [-0.4, -0.2) is 32.2 Å². The maximum absolute atomic E-state index is 10.9. The van der Waals surface area contributed by atoms with Crippen molar-refractivity contribution in [2.24, 2.45) is 0 Å². The maximum Gasteiger partial charge on any atom is 0.223 e. The maximum atomic E-state index is 10.9.